The van der Waals surface area contributed by atoms with Gasteiger partial charge in [0.25, 0.3) is 0 Å². The second-order valence-electron chi connectivity index (χ2n) is 0.408. The Morgan fingerprint density at radius 2 is 1.12 bits per heavy atom. The molecular weight excluding hydrogens is 216 g/mol. The minimum atomic E-state index is -5.17. The minimum absolute atomic E-state index is 0. The van der Waals surface area contributed by atoms with Crippen LogP contribution in [0.15, 0.2) is 0 Å². The van der Waals surface area contributed by atoms with Crippen molar-refractivity contribution >= 4 is 10.4 Å². The van der Waals surface area contributed by atoms with E-state index < -0.39 is 10.4 Å². The Hall–Kier alpha value is 1.06. The van der Waals surface area contributed by atoms with Gasteiger partial charge in [0, 0.05) is 10.4 Å². The van der Waals surface area contributed by atoms with Gasteiger partial charge in [0.05, 0.1) is 0 Å². The maximum Gasteiger partial charge on any atom is 4.00 e. The zero-order valence-corrected chi connectivity index (χ0v) is 6.79. The van der Waals surface area contributed by atoms with Gasteiger partial charge in [-0.1, -0.05) is 0 Å². The van der Waals surface area contributed by atoms with Gasteiger partial charge in [-0.3, -0.25) is 8.42 Å². The van der Waals surface area contributed by atoms with E-state index in [1.165, 1.54) is 0 Å². The van der Waals surface area contributed by atoms with Gasteiger partial charge in [-0.25, -0.2) is 0 Å². The Morgan fingerprint density at radius 1 is 1.12 bits per heavy atom. The fourth-order valence-corrected chi connectivity index (χ4v) is 0. The van der Waals surface area contributed by atoms with E-state index in [4.69, 9.17) is 17.5 Å². The van der Waals surface area contributed by atoms with Crippen LogP contribution in [-0.4, -0.2) is 17.5 Å². The van der Waals surface area contributed by atoms with Crippen LogP contribution in [-0.2, 0) is 54.7 Å². The molecule has 0 fully saturated rings. The molecule has 5 nitrogen and oxygen atoms in total. The van der Waals surface area contributed by atoms with E-state index in [0.29, 0.717) is 0 Å². The Bertz CT molecular complexity index is 95.6. The molecule has 0 bridgehead atoms. The molecule has 0 heterocycles. The predicted octanol–water partition coefficient (Wildman–Crippen LogP) is -1.46. The normalized spacial score (nSPS) is 7.25. The Morgan fingerprint density at radius 3 is 1.12 bits per heavy atom. The largest absolute Gasteiger partial charge is 4.00 e. The van der Waals surface area contributed by atoms with Gasteiger partial charge in [-0.2, -0.15) is 0 Å². The van der Waals surface area contributed by atoms with Gasteiger partial charge in [-0.05, 0) is 0 Å². The van der Waals surface area contributed by atoms with Crippen molar-refractivity contribution in [3.63, 3.8) is 0 Å². The van der Waals surface area contributed by atoms with Crippen LogP contribution in [0.25, 0.3) is 0 Å². The molecule has 0 unspecified atom stereocenters. The van der Waals surface area contributed by atoms with E-state index in [1.54, 1.807) is 0 Å². The van der Waals surface area contributed by atoms with Crippen molar-refractivity contribution in [3.8, 4) is 0 Å². The molecule has 0 atom stereocenters. The molecule has 0 aromatic carbocycles. The molecule has 0 aromatic heterocycles. The topological polar surface area (TPSA) is 109 Å². The summed E-state index contributed by atoms with van der Waals surface area (Å²) in [7, 11) is -5.17. The first-order valence-electron chi connectivity index (χ1n) is 0.667. The summed E-state index contributed by atoms with van der Waals surface area (Å²) in [6.07, 6.45) is 0. The summed E-state index contributed by atoms with van der Waals surface area (Å²) in [4.78, 5) is 0. The monoisotopic (exact) mass is 216 g/mol. The zero-order valence-electron chi connectivity index (χ0n) is 3.30. The number of rotatable bonds is 0. The average Bonchev–Trinajstić information content (AvgIpc) is 0.722. The zero-order chi connectivity index (χ0) is 4.50. The van der Waals surface area contributed by atoms with Crippen LogP contribution in [0.5, 0.6) is 0 Å². The van der Waals surface area contributed by atoms with Crippen molar-refractivity contribution in [1.29, 1.82) is 0 Å². The molecule has 8 heavy (non-hydrogen) atoms. The molecule has 0 N–H and O–H groups in total. The van der Waals surface area contributed by atoms with Gasteiger partial charge in [-0.15, -0.1) is 0 Å². The van der Waals surface area contributed by atoms with Gasteiger partial charge < -0.3 is 14.6 Å². The standard InChI is InChI=1S/Fe.H2O4S.O.Ti/c;1-5(2,3)4;;/h;(H2,1,2,3,4);;/q+2;;-2;+4/p-2. The molecule has 0 aliphatic carbocycles. The van der Waals surface area contributed by atoms with Crippen molar-refractivity contribution in [2.24, 2.45) is 0 Å². The summed E-state index contributed by atoms with van der Waals surface area (Å²) in [5.41, 5.74) is 0. The van der Waals surface area contributed by atoms with Crippen LogP contribution in [0.1, 0.15) is 0 Å². The fraction of sp³-hybridized carbons (Fsp3) is 0. The van der Waals surface area contributed by atoms with Crippen molar-refractivity contribution in [2.45, 2.75) is 0 Å². The molecule has 0 amide bonds. The first-order chi connectivity index (χ1) is 2.00. The van der Waals surface area contributed by atoms with Gasteiger partial charge >= 0.3 is 38.8 Å². The molecule has 0 saturated carbocycles. The smallest absolute Gasteiger partial charge is 2.00 e. The van der Waals surface area contributed by atoms with Crippen LogP contribution >= 0.6 is 0 Å². The van der Waals surface area contributed by atoms with E-state index in [-0.39, 0.29) is 44.3 Å². The van der Waals surface area contributed by atoms with Crippen LogP contribution in [0.4, 0.5) is 0 Å². The SMILES string of the molecule is O=S(=O)([O-])[O-].[Fe+2].[O-2].[Ti+4]. The van der Waals surface area contributed by atoms with E-state index in [9.17, 15) is 0 Å². The van der Waals surface area contributed by atoms with Gasteiger partial charge in [0.1, 0.15) is 0 Å². The van der Waals surface area contributed by atoms with Crippen molar-refractivity contribution in [3.05, 3.63) is 0 Å². The van der Waals surface area contributed by atoms with Crippen LogP contribution < -0.4 is 0 Å². The summed E-state index contributed by atoms with van der Waals surface area (Å²) >= 11 is 0. The third-order valence-corrected chi connectivity index (χ3v) is 0. The molecular formula is FeO5STi+2. The number of hydrogen-bond acceptors (Lipinski definition) is 4. The van der Waals surface area contributed by atoms with Crippen molar-refractivity contribution in [1.82, 2.24) is 0 Å². The van der Waals surface area contributed by atoms with Crippen LogP contribution in [0.3, 0.4) is 0 Å². The molecule has 8 heteroatoms. The van der Waals surface area contributed by atoms with Gasteiger partial charge in [0.15, 0.2) is 0 Å². The third-order valence-electron chi connectivity index (χ3n) is 0. The quantitative estimate of drug-likeness (QED) is 0.279. The third kappa shape index (κ3) is 230. The maximum absolute atomic E-state index is 8.52. The van der Waals surface area contributed by atoms with Gasteiger partial charge in [0.2, 0.25) is 0 Å². The van der Waals surface area contributed by atoms with E-state index in [0.717, 1.165) is 0 Å². The molecule has 0 radical (unpaired) electrons. The second-order valence-corrected chi connectivity index (χ2v) is 1.22. The minimum Gasteiger partial charge on any atom is -2.00 e. The van der Waals surface area contributed by atoms with E-state index in [1.807, 2.05) is 0 Å². The molecule has 0 aromatic rings. The summed E-state index contributed by atoms with van der Waals surface area (Å²) in [5.74, 6) is 0. The number of hydrogen-bond donors (Lipinski definition) is 0. The Kier molecular flexibility index (Phi) is 23.2. The molecule has 0 aliphatic heterocycles. The first-order valence-corrected chi connectivity index (χ1v) is 2.00. The Labute approximate surface area is 72.1 Å². The summed E-state index contributed by atoms with van der Waals surface area (Å²) in [6, 6.07) is 0. The Balaban J connectivity index is -0.0000000267. The fourth-order valence-electron chi connectivity index (χ4n) is 0. The summed E-state index contributed by atoms with van der Waals surface area (Å²) in [6.45, 7) is 0. The summed E-state index contributed by atoms with van der Waals surface area (Å²) < 4.78 is 34.1. The molecule has 0 rings (SSSR count). The molecule has 46 valence electrons. The molecule has 0 spiro atoms. The first kappa shape index (κ1) is 23.0. The molecule has 0 aliphatic rings. The van der Waals surface area contributed by atoms with E-state index >= 15 is 0 Å². The van der Waals surface area contributed by atoms with Crippen molar-refractivity contribution < 1.29 is 61.8 Å². The van der Waals surface area contributed by atoms with Crippen LogP contribution in [0, 0.1) is 0 Å². The summed E-state index contributed by atoms with van der Waals surface area (Å²) in [5, 5.41) is 0. The second kappa shape index (κ2) is 8.06. The predicted molar refractivity (Wildman–Crippen MR) is 11.2 cm³/mol. The molecule has 0 saturated heterocycles. The average molecular weight is 216 g/mol. The van der Waals surface area contributed by atoms with E-state index in [2.05, 4.69) is 0 Å². The maximum atomic E-state index is 8.52. The van der Waals surface area contributed by atoms with Crippen LogP contribution in [0.2, 0.25) is 0 Å². The van der Waals surface area contributed by atoms with Crippen molar-refractivity contribution in [2.75, 3.05) is 0 Å².